The summed E-state index contributed by atoms with van der Waals surface area (Å²) in [6.07, 6.45) is 3.36. The molecule has 3 heteroatoms. The van der Waals surface area contributed by atoms with Crippen molar-refractivity contribution < 1.29 is 14.9 Å². The number of benzene rings is 1. The van der Waals surface area contributed by atoms with Crippen LogP contribution in [0.5, 0.6) is 11.5 Å². The lowest BCUT2D eigenvalue weighted by atomic mass is 9.92. The fraction of sp³-hybridized carbons (Fsp3) is 0.500. The molecule has 2 rings (SSSR count). The highest BCUT2D eigenvalue weighted by molar-refractivity contribution is 5.51. The summed E-state index contributed by atoms with van der Waals surface area (Å²) in [6, 6.07) is 1.66. The molecule has 0 aromatic heterocycles. The molecule has 0 saturated carbocycles. The van der Waals surface area contributed by atoms with Crippen LogP contribution in [0.25, 0.3) is 0 Å². The quantitative estimate of drug-likeness (QED) is 0.816. The van der Waals surface area contributed by atoms with E-state index in [1.165, 1.54) is 0 Å². The second kappa shape index (κ2) is 4.80. The smallest absolute Gasteiger partial charge is 0.122 e. The predicted molar refractivity (Wildman–Crippen MR) is 75.4 cm³/mol. The van der Waals surface area contributed by atoms with Crippen LogP contribution in [0.1, 0.15) is 42.9 Å². The number of allylic oxidation sites excluding steroid dienone is 1. The van der Waals surface area contributed by atoms with E-state index in [2.05, 4.69) is 13.5 Å². The lowest BCUT2D eigenvalue weighted by Crippen LogP contribution is -2.23. The number of phenols is 2. The molecule has 1 aromatic carbocycles. The van der Waals surface area contributed by atoms with Crippen molar-refractivity contribution in [3.63, 3.8) is 0 Å². The minimum atomic E-state index is -0.196. The van der Waals surface area contributed by atoms with Crippen LogP contribution in [-0.4, -0.2) is 15.8 Å². The van der Waals surface area contributed by atoms with Gasteiger partial charge in [0, 0.05) is 6.42 Å². The molecule has 1 unspecified atom stereocenters. The first-order valence-electron chi connectivity index (χ1n) is 6.70. The van der Waals surface area contributed by atoms with Crippen molar-refractivity contribution >= 4 is 0 Å². The van der Waals surface area contributed by atoms with Crippen LogP contribution in [0.2, 0.25) is 0 Å². The average molecular weight is 262 g/mol. The van der Waals surface area contributed by atoms with Gasteiger partial charge in [0.1, 0.15) is 17.1 Å². The maximum atomic E-state index is 10.1. The normalized spacial score (nSPS) is 22.6. The molecular weight excluding hydrogens is 240 g/mol. The van der Waals surface area contributed by atoms with E-state index in [0.717, 1.165) is 41.7 Å². The van der Waals surface area contributed by atoms with E-state index in [0.29, 0.717) is 6.42 Å². The van der Waals surface area contributed by atoms with E-state index in [-0.39, 0.29) is 17.1 Å². The summed E-state index contributed by atoms with van der Waals surface area (Å²) in [6.45, 7) is 9.55. The number of aromatic hydroxyl groups is 2. The van der Waals surface area contributed by atoms with Gasteiger partial charge in [-0.25, -0.2) is 0 Å². The Hall–Kier alpha value is -1.64. The maximum absolute atomic E-state index is 10.1. The summed E-state index contributed by atoms with van der Waals surface area (Å²) >= 11 is 0. The summed E-state index contributed by atoms with van der Waals surface area (Å²) < 4.78 is 5.76. The van der Waals surface area contributed by atoms with Crippen molar-refractivity contribution in [2.45, 2.75) is 52.1 Å². The number of hydrogen-bond donors (Lipinski definition) is 2. The fourth-order valence-corrected chi connectivity index (χ4v) is 2.57. The van der Waals surface area contributed by atoms with Gasteiger partial charge in [0.15, 0.2) is 0 Å². The first kappa shape index (κ1) is 13.8. The Bertz CT molecular complexity index is 519. The Labute approximate surface area is 114 Å². The lowest BCUT2D eigenvalue weighted by molar-refractivity contribution is 0.0503. The van der Waals surface area contributed by atoms with Crippen molar-refractivity contribution in [1.29, 1.82) is 0 Å². The molecule has 1 aliphatic rings. The van der Waals surface area contributed by atoms with Gasteiger partial charge in [-0.15, -0.1) is 0 Å². The third-order valence-corrected chi connectivity index (χ3v) is 4.16. The van der Waals surface area contributed by atoms with Crippen LogP contribution in [-0.2, 0) is 11.2 Å². The molecule has 1 heterocycles. The van der Waals surface area contributed by atoms with Crippen molar-refractivity contribution in [2.24, 2.45) is 0 Å². The van der Waals surface area contributed by atoms with Gasteiger partial charge >= 0.3 is 0 Å². The van der Waals surface area contributed by atoms with E-state index in [1.54, 1.807) is 13.0 Å². The summed E-state index contributed by atoms with van der Waals surface area (Å²) in [4.78, 5) is 0. The Morgan fingerprint density at radius 3 is 2.58 bits per heavy atom. The summed E-state index contributed by atoms with van der Waals surface area (Å²) in [5.41, 5.74) is 2.07. The minimum absolute atomic E-state index is 0.196. The predicted octanol–water partition coefficient (Wildman–Crippen LogP) is 3.73. The van der Waals surface area contributed by atoms with Gasteiger partial charge in [-0.05, 0) is 62.8 Å². The Balaban J connectivity index is 2.14. The van der Waals surface area contributed by atoms with E-state index in [1.807, 2.05) is 6.92 Å². The van der Waals surface area contributed by atoms with Crippen LogP contribution >= 0.6 is 0 Å². The molecule has 0 bridgehead atoms. The zero-order chi connectivity index (χ0) is 14.2. The molecule has 0 spiro atoms. The summed E-state index contributed by atoms with van der Waals surface area (Å²) in [5.74, 6) is 1.37. The average Bonchev–Trinajstić information content (AvgIpc) is 2.70. The van der Waals surface area contributed by atoms with Crippen molar-refractivity contribution in [2.75, 3.05) is 0 Å². The molecule has 0 radical (unpaired) electrons. The number of hydrogen-bond acceptors (Lipinski definition) is 3. The zero-order valence-corrected chi connectivity index (χ0v) is 11.9. The maximum Gasteiger partial charge on any atom is 0.122 e. The Morgan fingerprint density at radius 1 is 1.32 bits per heavy atom. The molecule has 2 N–H and O–H groups in total. The molecule has 1 saturated heterocycles. The highest BCUT2D eigenvalue weighted by Gasteiger charge is 2.32. The SMILES string of the molecule is C=C1CCC(C)(CCc2cc(O)c(C)c(C)c2O)O1. The number of phenolic OH excluding ortho intramolecular Hbond substituents is 2. The van der Waals surface area contributed by atoms with Crippen molar-refractivity contribution in [1.82, 2.24) is 0 Å². The zero-order valence-electron chi connectivity index (χ0n) is 11.9. The van der Waals surface area contributed by atoms with E-state index >= 15 is 0 Å². The highest BCUT2D eigenvalue weighted by Crippen LogP contribution is 2.38. The van der Waals surface area contributed by atoms with Crippen LogP contribution < -0.4 is 0 Å². The minimum Gasteiger partial charge on any atom is -0.508 e. The monoisotopic (exact) mass is 262 g/mol. The van der Waals surface area contributed by atoms with Gasteiger partial charge in [0.05, 0.1) is 5.76 Å². The van der Waals surface area contributed by atoms with Gasteiger partial charge in [-0.1, -0.05) is 6.58 Å². The molecular formula is C16H22O3. The molecule has 19 heavy (non-hydrogen) atoms. The molecule has 3 nitrogen and oxygen atoms in total. The van der Waals surface area contributed by atoms with Gasteiger partial charge in [0.25, 0.3) is 0 Å². The third kappa shape index (κ3) is 2.70. The molecule has 1 fully saturated rings. The van der Waals surface area contributed by atoms with E-state index in [4.69, 9.17) is 4.74 Å². The van der Waals surface area contributed by atoms with Crippen LogP contribution in [0.4, 0.5) is 0 Å². The van der Waals surface area contributed by atoms with Gasteiger partial charge in [0.2, 0.25) is 0 Å². The highest BCUT2D eigenvalue weighted by atomic mass is 16.5. The van der Waals surface area contributed by atoms with Gasteiger partial charge in [-0.2, -0.15) is 0 Å². The molecule has 1 aliphatic heterocycles. The van der Waals surface area contributed by atoms with Gasteiger partial charge in [-0.3, -0.25) is 0 Å². The summed E-state index contributed by atoms with van der Waals surface area (Å²) in [7, 11) is 0. The van der Waals surface area contributed by atoms with Crippen LogP contribution in [0.15, 0.2) is 18.4 Å². The lowest BCUT2D eigenvalue weighted by Gasteiger charge is -2.24. The second-order valence-electron chi connectivity index (χ2n) is 5.74. The van der Waals surface area contributed by atoms with Gasteiger partial charge < -0.3 is 14.9 Å². The Morgan fingerprint density at radius 2 is 2.00 bits per heavy atom. The first-order chi connectivity index (χ1) is 8.82. The van der Waals surface area contributed by atoms with Crippen molar-refractivity contribution in [3.8, 4) is 11.5 Å². The van der Waals surface area contributed by atoms with Crippen molar-refractivity contribution in [3.05, 3.63) is 35.1 Å². The number of ether oxygens (including phenoxy) is 1. The molecule has 1 atom stereocenters. The Kier molecular flexibility index (Phi) is 3.48. The summed E-state index contributed by atoms with van der Waals surface area (Å²) in [5, 5.41) is 20.0. The molecule has 0 amide bonds. The van der Waals surface area contributed by atoms with Crippen LogP contribution in [0.3, 0.4) is 0 Å². The second-order valence-corrected chi connectivity index (χ2v) is 5.74. The molecule has 104 valence electrons. The molecule has 1 aromatic rings. The van der Waals surface area contributed by atoms with E-state index in [9.17, 15) is 10.2 Å². The standard InChI is InChI=1S/C16H22O3/c1-10-5-7-16(4,19-10)8-6-13-9-14(17)11(2)12(3)15(13)18/h9,17-18H,1,5-8H2,2-4H3. The number of rotatable bonds is 3. The third-order valence-electron chi connectivity index (χ3n) is 4.16. The number of aryl methyl sites for hydroxylation is 1. The first-order valence-corrected chi connectivity index (χ1v) is 6.70. The fourth-order valence-electron chi connectivity index (χ4n) is 2.57. The topological polar surface area (TPSA) is 49.7 Å². The molecule has 0 aliphatic carbocycles. The van der Waals surface area contributed by atoms with Crippen LogP contribution in [0, 0.1) is 13.8 Å². The van der Waals surface area contributed by atoms with E-state index < -0.39 is 0 Å². The largest absolute Gasteiger partial charge is 0.508 e.